The molecule has 0 spiro atoms. The Kier molecular flexibility index (Phi) is 6.88. The molecule has 0 unspecified atom stereocenters. The fourth-order valence-electron chi connectivity index (χ4n) is 7.05. The summed E-state index contributed by atoms with van der Waals surface area (Å²) in [5.74, 6) is -2.17. The number of allylic oxidation sites excluding steroid dienone is 4. The summed E-state index contributed by atoms with van der Waals surface area (Å²) in [6.45, 7) is 4.45. The molecule has 1 fully saturated rings. The average Bonchev–Trinajstić information content (AvgIpc) is 2.93. The number of rotatable bonds is 5. The highest BCUT2D eigenvalue weighted by Gasteiger charge is 2.60. The third-order valence-electron chi connectivity index (χ3n) is 8.90. The molecule has 0 N–H and O–H groups in total. The van der Waals surface area contributed by atoms with Crippen molar-refractivity contribution in [2.45, 2.75) is 70.2 Å². The molecule has 40 heavy (non-hydrogen) atoms. The van der Waals surface area contributed by atoms with Gasteiger partial charge < -0.3 is 14.2 Å². The lowest BCUT2D eigenvalue weighted by Gasteiger charge is -2.60. The van der Waals surface area contributed by atoms with Crippen molar-refractivity contribution in [3.8, 4) is 6.07 Å². The van der Waals surface area contributed by atoms with Gasteiger partial charge in [-0.1, -0.05) is 6.92 Å². The highest BCUT2D eigenvalue weighted by atomic mass is 16.5. The molecule has 3 heterocycles. The van der Waals surface area contributed by atoms with E-state index in [1.54, 1.807) is 20.9 Å². The van der Waals surface area contributed by atoms with Gasteiger partial charge in [0.05, 0.1) is 32.4 Å². The second-order valence-corrected chi connectivity index (χ2v) is 10.6. The summed E-state index contributed by atoms with van der Waals surface area (Å²) >= 11 is 0. The normalized spacial score (nSPS) is 30.7. The highest BCUT2D eigenvalue weighted by Crippen LogP contribution is 2.49. The lowest BCUT2D eigenvalue weighted by Crippen LogP contribution is -2.74. The fraction of sp³-hybridized carbons (Fsp3) is 0.517. The van der Waals surface area contributed by atoms with Gasteiger partial charge in [-0.05, 0) is 33.7 Å². The number of esters is 1. The number of hydrogen-bond acceptors (Lipinski definition) is 11. The Morgan fingerprint density at radius 2 is 1.43 bits per heavy atom. The number of carbonyl (C=O) groups excluding carboxylic acids is 5. The van der Waals surface area contributed by atoms with Crippen molar-refractivity contribution in [3.05, 3.63) is 45.0 Å². The van der Waals surface area contributed by atoms with E-state index in [1.807, 2.05) is 9.80 Å². The van der Waals surface area contributed by atoms with E-state index in [4.69, 9.17) is 14.2 Å². The van der Waals surface area contributed by atoms with Crippen LogP contribution in [0.3, 0.4) is 0 Å². The predicted molar refractivity (Wildman–Crippen MR) is 138 cm³/mol. The lowest BCUT2D eigenvalue weighted by atomic mass is 9.67. The minimum Gasteiger partial charge on any atom is -0.492 e. The van der Waals surface area contributed by atoms with E-state index in [1.165, 1.54) is 21.1 Å². The summed E-state index contributed by atoms with van der Waals surface area (Å²) in [6.07, 6.45) is 0.298. The largest absolute Gasteiger partial charge is 0.492 e. The maximum Gasteiger partial charge on any atom is 0.305 e. The topological polar surface area (TPSA) is 143 Å². The molecule has 11 heteroatoms. The molecule has 0 aromatic carbocycles. The van der Waals surface area contributed by atoms with Crippen LogP contribution in [0.4, 0.5) is 0 Å². The molecular formula is C29H31N3O8. The second kappa shape index (κ2) is 9.94. The molecule has 0 aromatic heterocycles. The number of methoxy groups -OCH3 is 2. The molecular weight excluding hydrogens is 518 g/mol. The first-order chi connectivity index (χ1) is 19.0. The standard InChI is InChI=1S/C29H31N3O8/c1-7-20(33)40-11-19-21-14(24(34)12(2)28(38-5)26(21)36)9-17-23-22-15(25(35)13(3)29(39-6)27(22)37)8-16(31(23)4)18(10-30)32(17)19/h16-19,23H,7-9,11H2,1-6H3/t16-,17-,18-,19-,23-/m0/s1. The molecule has 11 nitrogen and oxygen atoms in total. The number of fused-ring (bicyclic) bond motifs is 5. The van der Waals surface area contributed by atoms with Gasteiger partial charge >= 0.3 is 5.97 Å². The minimum atomic E-state index is -0.932. The van der Waals surface area contributed by atoms with E-state index >= 15 is 0 Å². The van der Waals surface area contributed by atoms with Crippen molar-refractivity contribution in [1.29, 1.82) is 5.26 Å². The Bertz CT molecular complexity index is 1440. The van der Waals surface area contributed by atoms with Crippen LogP contribution in [0.2, 0.25) is 0 Å². The van der Waals surface area contributed by atoms with Crippen molar-refractivity contribution in [2.75, 3.05) is 27.9 Å². The van der Waals surface area contributed by atoms with Crippen LogP contribution in [0.15, 0.2) is 45.0 Å². The second-order valence-electron chi connectivity index (χ2n) is 10.6. The van der Waals surface area contributed by atoms with Crippen LogP contribution in [0.25, 0.3) is 0 Å². The van der Waals surface area contributed by atoms with Crippen molar-refractivity contribution >= 4 is 29.1 Å². The van der Waals surface area contributed by atoms with Gasteiger partial charge in [-0.2, -0.15) is 5.26 Å². The summed E-state index contributed by atoms with van der Waals surface area (Å²) in [7, 11) is 4.46. The molecule has 0 amide bonds. The van der Waals surface area contributed by atoms with Crippen LogP contribution in [0.5, 0.6) is 0 Å². The first kappa shape index (κ1) is 27.7. The third-order valence-corrected chi connectivity index (χ3v) is 8.90. The minimum absolute atomic E-state index is 0.0267. The molecule has 5 aliphatic rings. The number of Topliss-reactive ketones (excluding diaryl/α,β-unsaturated/α-hetero) is 4. The lowest BCUT2D eigenvalue weighted by molar-refractivity contribution is -0.147. The van der Waals surface area contributed by atoms with Crippen molar-refractivity contribution in [1.82, 2.24) is 9.80 Å². The van der Waals surface area contributed by atoms with E-state index in [0.29, 0.717) is 5.57 Å². The number of likely N-dealkylation sites (N-methyl/N-ethyl adjacent to an activating group) is 1. The molecule has 5 atom stereocenters. The van der Waals surface area contributed by atoms with E-state index in [0.717, 1.165) is 0 Å². The Morgan fingerprint density at radius 1 is 0.900 bits per heavy atom. The van der Waals surface area contributed by atoms with Crippen molar-refractivity contribution in [3.63, 3.8) is 0 Å². The monoisotopic (exact) mass is 549 g/mol. The zero-order chi connectivity index (χ0) is 29.2. The number of carbonyl (C=O) groups is 5. The van der Waals surface area contributed by atoms with E-state index in [-0.39, 0.29) is 76.8 Å². The number of nitriles is 1. The number of ether oxygens (including phenoxy) is 3. The van der Waals surface area contributed by atoms with Crippen LogP contribution in [-0.4, -0.2) is 97.0 Å². The van der Waals surface area contributed by atoms with Gasteiger partial charge in [0.1, 0.15) is 12.6 Å². The van der Waals surface area contributed by atoms with Gasteiger partial charge in [0.2, 0.25) is 11.6 Å². The molecule has 2 aliphatic carbocycles. The summed E-state index contributed by atoms with van der Waals surface area (Å²) in [6, 6.07) is -1.24. The van der Waals surface area contributed by atoms with Crippen LogP contribution >= 0.6 is 0 Å². The van der Waals surface area contributed by atoms with Gasteiger partial charge in [0.15, 0.2) is 23.1 Å². The third kappa shape index (κ3) is 3.66. The summed E-state index contributed by atoms with van der Waals surface area (Å²) < 4.78 is 16.2. The molecule has 0 saturated carbocycles. The van der Waals surface area contributed by atoms with Crippen molar-refractivity contribution < 1.29 is 38.2 Å². The van der Waals surface area contributed by atoms with Gasteiger partial charge in [0.25, 0.3) is 0 Å². The maximum atomic E-state index is 13.8. The van der Waals surface area contributed by atoms with Crippen LogP contribution in [0, 0.1) is 11.3 Å². The zero-order valence-corrected chi connectivity index (χ0v) is 23.3. The number of piperazine rings is 1. The van der Waals surface area contributed by atoms with Gasteiger partial charge in [-0.15, -0.1) is 0 Å². The molecule has 210 valence electrons. The fourth-order valence-corrected chi connectivity index (χ4v) is 7.05. The number of nitrogens with zero attached hydrogens (tertiary/aromatic N) is 3. The quantitative estimate of drug-likeness (QED) is 0.359. The Labute approximate surface area is 231 Å². The smallest absolute Gasteiger partial charge is 0.305 e. The Balaban J connectivity index is 1.72. The van der Waals surface area contributed by atoms with Gasteiger partial charge in [0, 0.05) is 51.9 Å². The first-order valence-corrected chi connectivity index (χ1v) is 13.2. The molecule has 5 rings (SSSR count). The molecule has 2 bridgehead atoms. The Morgan fingerprint density at radius 3 is 1.95 bits per heavy atom. The summed E-state index contributed by atoms with van der Waals surface area (Å²) in [5, 5.41) is 10.5. The zero-order valence-electron chi connectivity index (χ0n) is 23.3. The predicted octanol–water partition coefficient (Wildman–Crippen LogP) is 1.10. The van der Waals surface area contributed by atoms with Crippen LogP contribution in [0.1, 0.15) is 40.0 Å². The molecule has 0 aromatic rings. The molecule has 3 aliphatic heterocycles. The van der Waals surface area contributed by atoms with Gasteiger partial charge in [-0.3, -0.25) is 33.8 Å². The van der Waals surface area contributed by atoms with Crippen molar-refractivity contribution in [2.24, 2.45) is 0 Å². The van der Waals surface area contributed by atoms with Gasteiger partial charge in [-0.25, -0.2) is 0 Å². The number of hydrogen-bond donors (Lipinski definition) is 0. The average molecular weight is 550 g/mol. The maximum absolute atomic E-state index is 13.8. The summed E-state index contributed by atoms with van der Waals surface area (Å²) in [5.41, 5.74) is 1.41. The first-order valence-electron chi connectivity index (χ1n) is 13.2. The van der Waals surface area contributed by atoms with E-state index in [9.17, 15) is 29.2 Å². The highest BCUT2D eigenvalue weighted by molar-refractivity contribution is 6.26. The van der Waals surface area contributed by atoms with Crippen LogP contribution in [-0.2, 0) is 38.2 Å². The molecule has 0 radical (unpaired) electrons. The van der Waals surface area contributed by atoms with Crippen LogP contribution < -0.4 is 0 Å². The number of ketones is 4. The SMILES string of the molecule is CCC(=O)OC[C@H]1C2=C(C[C@H]3[C@H]4C5=C(C[C@@H]([C@H](C#N)N13)N4C)C(=O)C(C)=C(OC)C5=O)C(=O)C(C)=C(OC)C2=O. The van der Waals surface area contributed by atoms with E-state index < -0.39 is 47.7 Å². The van der Waals surface area contributed by atoms with E-state index in [2.05, 4.69) is 6.07 Å². The Hall–Kier alpha value is -3.88. The summed E-state index contributed by atoms with van der Waals surface area (Å²) in [4.78, 5) is 70.5. The molecule has 1 saturated heterocycles.